The van der Waals surface area contributed by atoms with Crippen LogP contribution in [0, 0.1) is 0 Å². The van der Waals surface area contributed by atoms with Crippen LogP contribution in [-0.4, -0.2) is 56.2 Å². The lowest BCUT2D eigenvalue weighted by atomic mass is 9.89. The minimum absolute atomic E-state index is 0.00633. The van der Waals surface area contributed by atoms with Crippen LogP contribution < -0.4 is 10.6 Å². The Bertz CT molecular complexity index is 589. The van der Waals surface area contributed by atoms with E-state index in [1.807, 2.05) is 43.0 Å². The molecule has 1 saturated heterocycles. The number of urea groups is 1. The Morgan fingerprint density at radius 1 is 1.36 bits per heavy atom. The third-order valence-electron chi connectivity index (χ3n) is 4.33. The Hall–Kier alpha value is -2.08. The Balaban J connectivity index is 2.01. The van der Waals surface area contributed by atoms with E-state index in [0.29, 0.717) is 25.3 Å². The second kappa shape index (κ2) is 9.42. The van der Waals surface area contributed by atoms with Crippen molar-refractivity contribution in [2.24, 2.45) is 0 Å². The van der Waals surface area contributed by atoms with Crippen molar-refractivity contribution in [2.45, 2.75) is 38.6 Å². The predicted octanol–water partition coefficient (Wildman–Crippen LogP) is 2.36. The quantitative estimate of drug-likeness (QED) is 0.776. The topological polar surface area (TPSA) is 70.7 Å². The van der Waals surface area contributed by atoms with Gasteiger partial charge in [-0.1, -0.05) is 12.1 Å². The molecular weight excluding hydrogens is 318 g/mol. The number of hydrogen-bond donors (Lipinski definition) is 2. The molecule has 3 amide bonds. The van der Waals surface area contributed by atoms with Crippen LogP contribution in [0.2, 0.25) is 0 Å². The SMILES string of the molecule is COCCNC(=O)c1cccc(C2CCCN(C(=O)NC(C)C)C2)c1. The van der Waals surface area contributed by atoms with Crippen LogP contribution in [0.1, 0.15) is 48.5 Å². The molecule has 6 heteroatoms. The van der Waals surface area contributed by atoms with E-state index >= 15 is 0 Å². The first kappa shape index (κ1) is 19.2. The van der Waals surface area contributed by atoms with Crippen molar-refractivity contribution in [3.05, 3.63) is 35.4 Å². The normalized spacial score (nSPS) is 17.4. The number of hydrogen-bond acceptors (Lipinski definition) is 3. The molecule has 0 bridgehead atoms. The second-order valence-corrected chi connectivity index (χ2v) is 6.76. The van der Waals surface area contributed by atoms with Crippen molar-refractivity contribution in [1.29, 1.82) is 0 Å². The minimum Gasteiger partial charge on any atom is -0.383 e. The summed E-state index contributed by atoms with van der Waals surface area (Å²) in [6.07, 6.45) is 2.00. The van der Waals surface area contributed by atoms with Crippen LogP contribution in [-0.2, 0) is 4.74 Å². The number of methoxy groups -OCH3 is 1. The van der Waals surface area contributed by atoms with Gasteiger partial charge in [-0.05, 0) is 44.4 Å². The zero-order chi connectivity index (χ0) is 18.2. The van der Waals surface area contributed by atoms with Gasteiger partial charge in [-0.2, -0.15) is 0 Å². The molecule has 0 aliphatic carbocycles. The highest BCUT2D eigenvalue weighted by Gasteiger charge is 2.25. The number of nitrogens with one attached hydrogen (secondary N) is 2. The first-order valence-corrected chi connectivity index (χ1v) is 8.93. The summed E-state index contributed by atoms with van der Waals surface area (Å²) in [4.78, 5) is 26.3. The summed E-state index contributed by atoms with van der Waals surface area (Å²) in [5.41, 5.74) is 1.76. The molecule has 6 nitrogen and oxygen atoms in total. The molecule has 1 aromatic rings. The Labute approximate surface area is 149 Å². The van der Waals surface area contributed by atoms with Gasteiger partial charge in [-0.15, -0.1) is 0 Å². The zero-order valence-corrected chi connectivity index (χ0v) is 15.4. The Morgan fingerprint density at radius 3 is 2.88 bits per heavy atom. The monoisotopic (exact) mass is 347 g/mol. The molecule has 0 aromatic heterocycles. The van der Waals surface area contributed by atoms with Gasteiger partial charge in [0.25, 0.3) is 5.91 Å². The average Bonchev–Trinajstić information content (AvgIpc) is 2.61. The third-order valence-corrected chi connectivity index (χ3v) is 4.33. The highest BCUT2D eigenvalue weighted by atomic mass is 16.5. The Morgan fingerprint density at radius 2 is 2.16 bits per heavy atom. The molecule has 25 heavy (non-hydrogen) atoms. The van der Waals surface area contributed by atoms with Crippen LogP contribution in [0.5, 0.6) is 0 Å². The number of amides is 3. The molecule has 2 rings (SSSR count). The molecular formula is C19H29N3O3. The minimum atomic E-state index is -0.0934. The lowest BCUT2D eigenvalue weighted by molar-refractivity contribution is 0.0937. The molecule has 0 spiro atoms. The fraction of sp³-hybridized carbons (Fsp3) is 0.579. The summed E-state index contributed by atoms with van der Waals surface area (Å²) in [6, 6.07) is 7.84. The van der Waals surface area contributed by atoms with Crippen molar-refractivity contribution >= 4 is 11.9 Å². The van der Waals surface area contributed by atoms with E-state index in [0.717, 1.165) is 24.9 Å². The third kappa shape index (κ3) is 5.74. The van der Waals surface area contributed by atoms with Crippen molar-refractivity contribution in [1.82, 2.24) is 15.5 Å². The summed E-state index contributed by atoms with van der Waals surface area (Å²) < 4.78 is 4.95. The molecule has 0 radical (unpaired) electrons. The standard InChI is InChI=1S/C19H29N3O3/c1-14(2)21-19(24)22-10-5-8-17(13-22)15-6-4-7-16(12-15)18(23)20-9-11-25-3/h4,6-7,12,14,17H,5,8-11,13H2,1-3H3,(H,20,23)(H,21,24). The summed E-state index contributed by atoms with van der Waals surface area (Å²) in [7, 11) is 1.61. The van der Waals surface area contributed by atoms with E-state index in [-0.39, 0.29) is 23.9 Å². The summed E-state index contributed by atoms with van der Waals surface area (Å²) in [5.74, 6) is 0.169. The van der Waals surface area contributed by atoms with E-state index in [2.05, 4.69) is 10.6 Å². The zero-order valence-electron chi connectivity index (χ0n) is 15.4. The van der Waals surface area contributed by atoms with Gasteiger partial charge < -0.3 is 20.3 Å². The van der Waals surface area contributed by atoms with E-state index < -0.39 is 0 Å². The molecule has 0 saturated carbocycles. The molecule has 138 valence electrons. The van der Waals surface area contributed by atoms with Crippen LogP contribution in [0.4, 0.5) is 4.79 Å². The smallest absolute Gasteiger partial charge is 0.317 e. The summed E-state index contributed by atoms with van der Waals surface area (Å²) in [6.45, 7) is 6.38. The largest absolute Gasteiger partial charge is 0.383 e. The summed E-state index contributed by atoms with van der Waals surface area (Å²) in [5, 5.41) is 5.79. The van der Waals surface area contributed by atoms with Gasteiger partial charge in [0.1, 0.15) is 0 Å². The number of rotatable bonds is 6. The number of nitrogens with zero attached hydrogens (tertiary/aromatic N) is 1. The van der Waals surface area contributed by atoms with E-state index in [1.54, 1.807) is 7.11 Å². The van der Waals surface area contributed by atoms with Crippen LogP contribution >= 0.6 is 0 Å². The van der Waals surface area contributed by atoms with Crippen LogP contribution in [0.25, 0.3) is 0 Å². The van der Waals surface area contributed by atoms with E-state index in [9.17, 15) is 9.59 Å². The lowest BCUT2D eigenvalue weighted by Crippen LogP contribution is -2.47. The maximum Gasteiger partial charge on any atom is 0.317 e. The van der Waals surface area contributed by atoms with Gasteiger partial charge in [0.05, 0.1) is 6.61 Å². The molecule has 1 aromatic carbocycles. The Kier molecular flexibility index (Phi) is 7.25. The number of benzene rings is 1. The van der Waals surface area contributed by atoms with Gasteiger partial charge in [-0.25, -0.2) is 4.79 Å². The molecule has 2 N–H and O–H groups in total. The van der Waals surface area contributed by atoms with Crippen molar-refractivity contribution in [3.63, 3.8) is 0 Å². The lowest BCUT2D eigenvalue weighted by Gasteiger charge is -2.33. The first-order valence-electron chi connectivity index (χ1n) is 8.93. The van der Waals surface area contributed by atoms with Crippen molar-refractivity contribution in [2.75, 3.05) is 33.4 Å². The van der Waals surface area contributed by atoms with Gasteiger partial charge in [-0.3, -0.25) is 4.79 Å². The van der Waals surface area contributed by atoms with Crippen molar-refractivity contribution < 1.29 is 14.3 Å². The van der Waals surface area contributed by atoms with Crippen LogP contribution in [0.15, 0.2) is 24.3 Å². The van der Waals surface area contributed by atoms with Gasteiger partial charge >= 0.3 is 6.03 Å². The number of piperidine rings is 1. The van der Waals surface area contributed by atoms with E-state index in [1.165, 1.54) is 0 Å². The van der Waals surface area contributed by atoms with Crippen molar-refractivity contribution in [3.8, 4) is 0 Å². The second-order valence-electron chi connectivity index (χ2n) is 6.76. The van der Waals surface area contributed by atoms with Gasteiger partial charge in [0.15, 0.2) is 0 Å². The van der Waals surface area contributed by atoms with Crippen LogP contribution in [0.3, 0.4) is 0 Å². The maximum atomic E-state index is 12.2. The first-order chi connectivity index (χ1) is 12.0. The molecule has 1 heterocycles. The molecule has 1 atom stereocenters. The fourth-order valence-corrected chi connectivity index (χ4v) is 3.07. The average molecular weight is 347 g/mol. The predicted molar refractivity (Wildman–Crippen MR) is 97.9 cm³/mol. The molecule has 1 aliphatic heterocycles. The highest BCUT2D eigenvalue weighted by molar-refractivity contribution is 5.94. The molecule has 1 aliphatic rings. The number of ether oxygens (including phenoxy) is 1. The fourth-order valence-electron chi connectivity index (χ4n) is 3.07. The number of carbonyl (C=O) groups is 2. The molecule has 1 unspecified atom stereocenters. The number of carbonyl (C=O) groups excluding carboxylic acids is 2. The van der Waals surface area contributed by atoms with Gasteiger partial charge in [0.2, 0.25) is 0 Å². The maximum absolute atomic E-state index is 12.2. The van der Waals surface area contributed by atoms with E-state index in [4.69, 9.17) is 4.74 Å². The summed E-state index contributed by atoms with van der Waals surface area (Å²) >= 11 is 0. The molecule has 1 fully saturated rings. The van der Waals surface area contributed by atoms with Gasteiger partial charge in [0, 0.05) is 44.3 Å². The highest BCUT2D eigenvalue weighted by Crippen LogP contribution is 2.27. The number of likely N-dealkylation sites (tertiary alicyclic amines) is 1.